The fraction of sp³-hybridized carbons (Fsp3) is 0.238. The van der Waals surface area contributed by atoms with Crippen molar-refractivity contribution in [3.05, 3.63) is 75.7 Å². The van der Waals surface area contributed by atoms with Crippen LogP contribution in [-0.2, 0) is 14.9 Å². The molecule has 1 saturated carbocycles. The molecule has 4 rings (SSSR count). The molecule has 1 aromatic carbocycles. The second-order valence-electron chi connectivity index (χ2n) is 6.83. The van der Waals surface area contributed by atoms with Crippen molar-refractivity contribution >= 4 is 22.8 Å². The Kier molecular flexibility index (Phi) is 4.11. The molecule has 2 aromatic heterocycles. The Morgan fingerprint density at radius 3 is 2.59 bits per heavy atom. The lowest BCUT2D eigenvalue weighted by Gasteiger charge is -2.14. The summed E-state index contributed by atoms with van der Waals surface area (Å²) in [4.78, 5) is 44.6. The van der Waals surface area contributed by atoms with Crippen LogP contribution in [0.25, 0.3) is 11.0 Å². The quantitative estimate of drug-likeness (QED) is 0.705. The molecule has 2 heterocycles. The zero-order valence-corrected chi connectivity index (χ0v) is 14.8. The first kappa shape index (κ1) is 17.1. The highest BCUT2D eigenvalue weighted by molar-refractivity contribution is 5.97. The number of hydrogen-bond acceptors (Lipinski definition) is 5. The van der Waals surface area contributed by atoms with Crippen LogP contribution in [0.2, 0.25) is 0 Å². The van der Waals surface area contributed by atoms with Crippen LogP contribution in [0.15, 0.2) is 53.5 Å². The standard InChI is InChI=1S/C21H18N2O4/c1-13-7-8-15-18(25)16(11-22-19(15)23-13)20(26)27-12-17(24)21(9-10-21)14-5-3-2-4-6-14/h2-8,11H,9-10,12H2,1H3,(H,22,23,25). The van der Waals surface area contributed by atoms with Gasteiger partial charge in [0, 0.05) is 11.9 Å². The molecule has 27 heavy (non-hydrogen) atoms. The molecular weight excluding hydrogens is 344 g/mol. The third-order valence-corrected chi connectivity index (χ3v) is 5.04. The van der Waals surface area contributed by atoms with E-state index in [4.69, 9.17) is 4.74 Å². The lowest BCUT2D eigenvalue weighted by Crippen LogP contribution is -2.28. The smallest absolute Gasteiger partial charge is 0.344 e. The van der Waals surface area contributed by atoms with Gasteiger partial charge in [-0.1, -0.05) is 30.3 Å². The topological polar surface area (TPSA) is 89.1 Å². The summed E-state index contributed by atoms with van der Waals surface area (Å²) in [5.74, 6) is -0.951. The van der Waals surface area contributed by atoms with Crippen molar-refractivity contribution < 1.29 is 14.3 Å². The summed E-state index contributed by atoms with van der Waals surface area (Å²) in [6, 6.07) is 12.8. The van der Waals surface area contributed by atoms with E-state index in [0.29, 0.717) is 11.0 Å². The first-order valence-corrected chi connectivity index (χ1v) is 8.76. The van der Waals surface area contributed by atoms with E-state index >= 15 is 0 Å². The van der Waals surface area contributed by atoms with Crippen LogP contribution in [0.3, 0.4) is 0 Å². The van der Waals surface area contributed by atoms with Crippen LogP contribution in [0, 0.1) is 6.92 Å². The van der Waals surface area contributed by atoms with Crippen molar-refractivity contribution in [3.63, 3.8) is 0 Å². The van der Waals surface area contributed by atoms with E-state index in [1.165, 1.54) is 6.20 Å². The summed E-state index contributed by atoms with van der Waals surface area (Å²) in [6.45, 7) is 1.46. The van der Waals surface area contributed by atoms with E-state index in [2.05, 4.69) is 9.97 Å². The average molecular weight is 362 g/mol. The van der Waals surface area contributed by atoms with Gasteiger partial charge in [-0.2, -0.15) is 0 Å². The Labute approximate surface area is 155 Å². The Hall–Kier alpha value is -3.28. The molecule has 1 aliphatic rings. The number of carbonyl (C=O) groups is 2. The number of pyridine rings is 2. The summed E-state index contributed by atoms with van der Waals surface area (Å²) in [7, 11) is 0. The molecule has 0 unspecified atom stereocenters. The highest BCUT2D eigenvalue weighted by atomic mass is 16.5. The molecule has 0 amide bonds. The number of nitrogens with one attached hydrogen (secondary N) is 1. The molecule has 6 nitrogen and oxygen atoms in total. The van der Waals surface area contributed by atoms with Crippen molar-refractivity contribution in [1.29, 1.82) is 0 Å². The van der Waals surface area contributed by atoms with Gasteiger partial charge in [-0.15, -0.1) is 0 Å². The molecule has 6 heteroatoms. The van der Waals surface area contributed by atoms with E-state index in [0.717, 1.165) is 24.1 Å². The zero-order chi connectivity index (χ0) is 19.0. The number of nitrogens with zero attached hydrogens (tertiary/aromatic N) is 1. The van der Waals surface area contributed by atoms with Gasteiger partial charge in [0.2, 0.25) is 5.43 Å². The third-order valence-electron chi connectivity index (χ3n) is 5.04. The highest BCUT2D eigenvalue weighted by Gasteiger charge is 2.50. The molecular formula is C21H18N2O4. The second-order valence-corrected chi connectivity index (χ2v) is 6.83. The number of aryl methyl sites for hydroxylation is 1. The van der Waals surface area contributed by atoms with Gasteiger partial charge < -0.3 is 9.72 Å². The number of H-pyrrole nitrogens is 1. The van der Waals surface area contributed by atoms with Gasteiger partial charge in [-0.25, -0.2) is 9.78 Å². The number of fused-ring (bicyclic) bond motifs is 1. The molecule has 0 aliphatic heterocycles. The molecule has 3 aromatic rings. The molecule has 0 spiro atoms. The summed E-state index contributed by atoms with van der Waals surface area (Å²) in [6.07, 6.45) is 2.78. The number of Topliss-reactive ketones (excluding diaryl/α,β-unsaturated/α-hetero) is 1. The van der Waals surface area contributed by atoms with Crippen LogP contribution >= 0.6 is 0 Å². The second kappa shape index (κ2) is 6.46. The number of esters is 1. The maximum Gasteiger partial charge on any atom is 0.344 e. The zero-order valence-electron chi connectivity index (χ0n) is 14.8. The van der Waals surface area contributed by atoms with Gasteiger partial charge in [-0.05, 0) is 37.5 Å². The monoisotopic (exact) mass is 362 g/mol. The minimum Gasteiger partial charge on any atom is -0.454 e. The largest absolute Gasteiger partial charge is 0.454 e. The normalized spacial score (nSPS) is 14.7. The van der Waals surface area contributed by atoms with Gasteiger partial charge in [0.15, 0.2) is 12.4 Å². The molecule has 136 valence electrons. The molecule has 0 bridgehead atoms. The minimum atomic E-state index is -0.809. The Morgan fingerprint density at radius 1 is 1.15 bits per heavy atom. The predicted molar refractivity (Wildman–Crippen MR) is 99.7 cm³/mol. The SMILES string of the molecule is Cc1ccc2c(=O)c(C(=O)OCC(=O)C3(c4ccccc4)CC3)c[nH]c2n1. The van der Waals surface area contributed by atoms with Crippen LogP contribution in [0.4, 0.5) is 0 Å². The van der Waals surface area contributed by atoms with Crippen molar-refractivity contribution in [2.24, 2.45) is 0 Å². The Morgan fingerprint density at radius 2 is 1.89 bits per heavy atom. The summed E-state index contributed by atoms with van der Waals surface area (Å²) in [5.41, 5.74) is 0.960. The van der Waals surface area contributed by atoms with Crippen LogP contribution < -0.4 is 5.43 Å². The van der Waals surface area contributed by atoms with E-state index in [1.807, 2.05) is 37.3 Å². The van der Waals surface area contributed by atoms with Gasteiger partial charge >= 0.3 is 5.97 Å². The van der Waals surface area contributed by atoms with E-state index in [1.54, 1.807) is 12.1 Å². The summed E-state index contributed by atoms with van der Waals surface area (Å²) >= 11 is 0. The van der Waals surface area contributed by atoms with Gasteiger partial charge in [-0.3, -0.25) is 9.59 Å². The number of aromatic amines is 1. The average Bonchev–Trinajstić information content (AvgIpc) is 3.49. The molecule has 0 radical (unpaired) electrons. The Balaban J connectivity index is 1.51. The highest BCUT2D eigenvalue weighted by Crippen LogP contribution is 2.48. The van der Waals surface area contributed by atoms with E-state index in [-0.39, 0.29) is 18.0 Å². The predicted octanol–water partition coefficient (Wildman–Crippen LogP) is 2.69. The molecule has 0 atom stereocenters. The van der Waals surface area contributed by atoms with Crippen LogP contribution in [-0.4, -0.2) is 28.3 Å². The number of ketones is 1. The number of hydrogen-bond donors (Lipinski definition) is 1. The number of benzene rings is 1. The van der Waals surface area contributed by atoms with Gasteiger partial charge in [0.25, 0.3) is 0 Å². The molecule has 1 aliphatic carbocycles. The van der Waals surface area contributed by atoms with Crippen molar-refractivity contribution in [2.75, 3.05) is 6.61 Å². The molecule has 0 saturated heterocycles. The minimum absolute atomic E-state index is 0.134. The summed E-state index contributed by atoms with van der Waals surface area (Å²) in [5, 5.41) is 0.310. The van der Waals surface area contributed by atoms with Crippen molar-refractivity contribution in [2.45, 2.75) is 25.2 Å². The number of aromatic nitrogens is 2. The van der Waals surface area contributed by atoms with Crippen LogP contribution in [0.1, 0.15) is 34.5 Å². The van der Waals surface area contributed by atoms with E-state index < -0.39 is 16.8 Å². The molecule has 1 N–H and O–H groups in total. The maximum absolute atomic E-state index is 12.6. The first-order chi connectivity index (χ1) is 13.0. The Bertz CT molecular complexity index is 1100. The number of rotatable bonds is 5. The fourth-order valence-corrected chi connectivity index (χ4v) is 3.31. The number of ether oxygens (including phenoxy) is 1. The lowest BCUT2D eigenvalue weighted by atomic mass is 9.92. The fourth-order valence-electron chi connectivity index (χ4n) is 3.31. The third kappa shape index (κ3) is 3.03. The van der Waals surface area contributed by atoms with Crippen molar-refractivity contribution in [1.82, 2.24) is 9.97 Å². The molecule has 1 fully saturated rings. The maximum atomic E-state index is 12.6. The van der Waals surface area contributed by atoms with E-state index in [9.17, 15) is 14.4 Å². The van der Waals surface area contributed by atoms with Crippen molar-refractivity contribution in [3.8, 4) is 0 Å². The number of carbonyl (C=O) groups excluding carboxylic acids is 2. The first-order valence-electron chi connectivity index (χ1n) is 8.76. The van der Waals surface area contributed by atoms with Gasteiger partial charge in [0.1, 0.15) is 11.2 Å². The van der Waals surface area contributed by atoms with Crippen LogP contribution in [0.5, 0.6) is 0 Å². The lowest BCUT2D eigenvalue weighted by molar-refractivity contribution is -0.124. The summed E-state index contributed by atoms with van der Waals surface area (Å²) < 4.78 is 5.16. The van der Waals surface area contributed by atoms with Gasteiger partial charge in [0.05, 0.1) is 10.8 Å².